The normalized spacial score (nSPS) is 25.6. The number of amides is 1. The molecule has 3 unspecified atom stereocenters. The molecule has 0 heterocycles. The van der Waals surface area contributed by atoms with Crippen molar-refractivity contribution in [1.82, 2.24) is 0 Å². The van der Waals surface area contributed by atoms with Crippen molar-refractivity contribution in [3.8, 4) is 5.75 Å². The Balaban J connectivity index is 1.62. The maximum Gasteiger partial charge on any atom is 0.255 e. The molecule has 184 valence electrons. The zero-order valence-corrected chi connectivity index (χ0v) is 20.4. The second kappa shape index (κ2) is 8.46. The number of hydrogen-bond acceptors (Lipinski definition) is 7. The molecule has 2 aromatic carbocycles. The second-order valence-corrected chi connectivity index (χ2v) is 10.2. The molecule has 0 aromatic heterocycles. The van der Waals surface area contributed by atoms with Crippen LogP contribution in [0.2, 0.25) is 0 Å². The fourth-order valence-corrected chi connectivity index (χ4v) is 5.83. The summed E-state index contributed by atoms with van der Waals surface area (Å²) in [6, 6.07) is 10.8. The molecule has 3 aliphatic carbocycles. The highest BCUT2D eigenvalue weighted by Crippen LogP contribution is 2.52. The predicted octanol–water partition coefficient (Wildman–Crippen LogP) is 3.36. The molecule has 0 radical (unpaired) electrons. The van der Waals surface area contributed by atoms with Gasteiger partial charge in [-0.3, -0.25) is 14.4 Å². The van der Waals surface area contributed by atoms with Crippen molar-refractivity contribution in [2.24, 2.45) is 17.6 Å². The van der Waals surface area contributed by atoms with Crippen molar-refractivity contribution in [1.29, 1.82) is 0 Å². The van der Waals surface area contributed by atoms with Crippen LogP contribution in [0.25, 0.3) is 17.9 Å². The van der Waals surface area contributed by atoms with E-state index in [0.717, 1.165) is 15.6 Å². The van der Waals surface area contributed by atoms with Gasteiger partial charge in [0.1, 0.15) is 22.8 Å². The first-order chi connectivity index (χ1) is 17.0. The Morgan fingerprint density at radius 1 is 1.03 bits per heavy atom. The zero-order valence-electron chi connectivity index (χ0n) is 18.9. The van der Waals surface area contributed by atoms with Gasteiger partial charge < -0.3 is 26.2 Å². The van der Waals surface area contributed by atoms with Crippen molar-refractivity contribution in [2.45, 2.75) is 24.9 Å². The molecule has 3 aliphatic rings. The van der Waals surface area contributed by atoms with Crippen LogP contribution in [0.5, 0.6) is 5.75 Å². The van der Waals surface area contributed by atoms with E-state index in [9.17, 15) is 34.8 Å². The Labute approximate surface area is 214 Å². The van der Waals surface area contributed by atoms with E-state index in [1.165, 1.54) is 6.07 Å². The van der Waals surface area contributed by atoms with Gasteiger partial charge in [0.05, 0.1) is 5.56 Å². The third-order valence-corrected chi connectivity index (χ3v) is 7.84. The molecule has 2 aromatic rings. The van der Waals surface area contributed by atoms with Gasteiger partial charge in [0.25, 0.3) is 5.91 Å². The van der Waals surface area contributed by atoms with Gasteiger partial charge in [-0.05, 0) is 53.6 Å². The molecular formula is C27H22BrNO7. The number of hydrogen-bond donors (Lipinski definition) is 5. The quantitative estimate of drug-likeness (QED) is 0.289. The molecule has 1 saturated carbocycles. The Kier molecular flexibility index (Phi) is 5.65. The van der Waals surface area contributed by atoms with Crippen molar-refractivity contribution >= 4 is 51.3 Å². The van der Waals surface area contributed by atoms with Crippen LogP contribution in [0, 0.1) is 11.8 Å². The summed E-state index contributed by atoms with van der Waals surface area (Å²) in [6.07, 6.45) is 3.72. The van der Waals surface area contributed by atoms with Crippen molar-refractivity contribution in [2.75, 3.05) is 0 Å². The van der Waals surface area contributed by atoms with Gasteiger partial charge in [-0.25, -0.2) is 0 Å². The van der Waals surface area contributed by atoms with Crippen molar-refractivity contribution in [3.63, 3.8) is 0 Å². The van der Waals surface area contributed by atoms with E-state index in [-0.39, 0.29) is 36.1 Å². The molecule has 0 aliphatic heterocycles. The molecule has 6 N–H and O–H groups in total. The molecule has 9 heteroatoms. The summed E-state index contributed by atoms with van der Waals surface area (Å²) in [5.74, 6) is -6.40. The number of nitrogens with two attached hydrogens (primary N) is 1. The Morgan fingerprint density at radius 3 is 2.39 bits per heavy atom. The van der Waals surface area contributed by atoms with Crippen LogP contribution in [0.4, 0.5) is 0 Å². The lowest BCUT2D eigenvalue weighted by Crippen LogP contribution is -2.58. The highest BCUT2D eigenvalue weighted by Gasteiger charge is 2.60. The highest BCUT2D eigenvalue weighted by molar-refractivity contribution is 9.10. The maximum atomic E-state index is 13.5. The molecule has 0 spiro atoms. The second-order valence-electron chi connectivity index (χ2n) is 9.32. The van der Waals surface area contributed by atoms with Gasteiger partial charge in [0.15, 0.2) is 11.4 Å². The van der Waals surface area contributed by atoms with Crippen LogP contribution in [0.1, 0.15) is 35.1 Å². The molecule has 0 bridgehead atoms. The minimum Gasteiger partial charge on any atom is -0.508 e. The van der Waals surface area contributed by atoms with E-state index in [2.05, 4.69) is 15.9 Å². The van der Waals surface area contributed by atoms with Gasteiger partial charge in [0, 0.05) is 22.4 Å². The number of benzene rings is 2. The van der Waals surface area contributed by atoms with Crippen LogP contribution < -0.4 is 5.73 Å². The molecular weight excluding hydrogens is 530 g/mol. The lowest BCUT2D eigenvalue weighted by molar-refractivity contribution is -0.147. The van der Waals surface area contributed by atoms with E-state index in [1.54, 1.807) is 6.07 Å². The van der Waals surface area contributed by atoms with Crippen LogP contribution in [-0.2, 0) is 20.8 Å². The monoisotopic (exact) mass is 551 g/mol. The summed E-state index contributed by atoms with van der Waals surface area (Å²) in [6.45, 7) is 0. The first kappa shape index (κ1) is 24.0. The first-order valence-electron chi connectivity index (χ1n) is 11.3. The highest BCUT2D eigenvalue weighted by atomic mass is 79.9. The molecule has 5 rings (SSSR count). The number of ketones is 2. The number of halogens is 1. The van der Waals surface area contributed by atoms with Crippen molar-refractivity contribution in [3.05, 3.63) is 80.0 Å². The minimum absolute atomic E-state index is 0.0695. The number of aromatic hydroxyl groups is 1. The van der Waals surface area contributed by atoms with Gasteiger partial charge >= 0.3 is 0 Å². The lowest BCUT2D eigenvalue weighted by atomic mass is 9.59. The largest absolute Gasteiger partial charge is 0.508 e. The molecule has 0 saturated heterocycles. The first-order valence-corrected chi connectivity index (χ1v) is 12.1. The van der Waals surface area contributed by atoms with Crippen LogP contribution in [-0.4, -0.2) is 43.5 Å². The van der Waals surface area contributed by atoms with Gasteiger partial charge in [-0.15, -0.1) is 0 Å². The summed E-state index contributed by atoms with van der Waals surface area (Å²) >= 11 is 3.40. The number of carbonyl (C=O) groups excluding carboxylic acids is 3. The Hall–Kier alpha value is -3.69. The number of Topliss-reactive ketones (excluding diaryl/α,β-unsaturated/α-hetero) is 2. The molecule has 36 heavy (non-hydrogen) atoms. The molecule has 1 fully saturated rings. The summed E-state index contributed by atoms with van der Waals surface area (Å²) < 4.78 is 0.941. The number of rotatable bonds is 3. The van der Waals surface area contributed by atoms with E-state index in [4.69, 9.17) is 5.73 Å². The van der Waals surface area contributed by atoms with E-state index < -0.39 is 52.0 Å². The average Bonchev–Trinajstić information content (AvgIpc) is 2.81. The van der Waals surface area contributed by atoms with Crippen LogP contribution in [0.3, 0.4) is 0 Å². The predicted molar refractivity (Wildman–Crippen MR) is 134 cm³/mol. The van der Waals surface area contributed by atoms with Crippen LogP contribution in [0.15, 0.2) is 57.8 Å². The van der Waals surface area contributed by atoms with Crippen molar-refractivity contribution < 1.29 is 34.8 Å². The summed E-state index contributed by atoms with van der Waals surface area (Å²) in [5, 5.41) is 43.7. The molecule has 8 nitrogen and oxygen atoms in total. The number of primary amides is 1. The Morgan fingerprint density at radius 2 is 1.72 bits per heavy atom. The SMILES string of the molecule is NC(=O)C1=C(O)C2(O)C(=O)C3=C(O)c4c(O)ccc(/C=C/c5ccc(Br)cc5)c4CC3CC2CC1=O. The third-order valence-electron chi connectivity index (χ3n) is 7.31. The third kappa shape index (κ3) is 3.50. The number of phenols is 1. The zero-order chi connectivity index (χ0) is 25.9. The standard InChI is InChI=1S/C27H22BrNO7/c28-16-6-2-12(3-7-16)1-4-13-5-8-18(30)21-17(13)10-14-9-15-11-19(31)22(26(29)35)25(34)27(15,36)24(33)20(14)23(21)32/h1-8,14-15,30,32,34,36H,9-11H2,(H2,29,35)/b4-1+. The van der Waals surface area contributed by atoms with E-state index in [1.807, 2.05) is 36.4 Å². The number of fused-ring (bicyclic) bond motifs is 3. The van der Waals surface area contributed by atoms with Gasteiger partial charge in [-0.2, -0.15) is 0 Å². The fraction of sp³-hybridized carbons (Fsp3) is 0.222. The molecule has 1 amide bonds. The van der Waals surface area contributed by atoms with E-state index in [0.29, 0.717) is 5.56 Å². The summed E-state index contributed by atoms with van der Waals surface area (Å²) in [4.78, 5) is 37.7. The number of aliphatic hydroxyl groups excluding tert-OH is 2. The number of carbonyl (C=O) groups is 3. The molecule has 3 atom stereocenters. The lowest BCUT2D eigenvalue weighted by Gasteiger charge is -2.46. The number of aliphatic hydroxyl groups is 3. The summed E-state index contributed by atoms with van der Waals surface area (Å²) in [7, 11) is 0. The smallest absolute Gasteiger partial charge is 0.255 e. The average molecular weight is 552 g/mol. The Bertz CT molecular complexity index is 1440. The minimum atomic E-state index is -2.57. The van der Waals surface area contributed by atoms with Crippen LogP contribution >= 0.6 is 15.9 Å². The number of phenolic OH excluding ortho intramolecular Hbond substituents is 1. The van der Waals surface area contributed by atoms with Gasteiger partial charge in [0.2, 0.25) is 5.78 Å². The maximum absolute atomic E-state index is 13.5. The fourth-order valence-electron chi connectivity index (χ4n) is 5.56. The van der Waals surface area contributed by atoms with Gasteiger partial charge in [-0.1, -0.05) is 46.3 Å². The van der Waals surface area contributed by atoms with E-state index >= 15 is 0 Å². The summed E-state index contributed by atoms with van der Waals surface area (Å²) in [5.41, 5.74) is 4.03. The topological polar surface area (TPSA) is 158 Å².